The van der Waals surface area contributed by atoms with E-state index in [1.807, 2.05) is 0 Å². The summed E-state index contributed by atoms with van der Waals surface area (Å²) in [5.41, 5.74) is 2.30. The smallest absolute Gasteiger partial charge is 0.191 e. The van der Waals surface area contributed by atoms with Crippen LogP contribution in [0.25, 0.3) is 0 Å². The first-order valence-electron chi connectivity index (χ1n) is 10.6. The largest absolute Gasteiger partial charge is 0.493 e. The monoisotopic (exact) mass is 390 g/mol. The predicted molar refractivity (Wildman–Crippen MR) is 116 cm³/mol. The van der Waals surface area contributed by atoms with Crippen LogP contribution >= 0.6 is 0 Å². The van der Waals surface area contributed by atoms with E-state index >= 15 is 0 Å². The van der Waals surface area contributed by atoms with Crippen LogP contribution in [0.1, 0.15) is 44.2 Å². The summed E-state index contributed by atoms with van der Waals surface area (Å²) in [6, 6.07) is 6.93. The molecule has 1 fully saturated rings. The van der Waals surface area contributed by atoms with Gasteiger partial charge >= 0.3 is 0 Å². The number of methoxy groups -OCH3 is 1. The lowest BCUT2D eigenvalue weighted by Gasteiger charge is -2.24. The molecule has 6 heteroatoms. The van der Waals surface area contributed by atoms with Crippen LogP contribution in [0.15, 0.2) is 23.2 Å². The first kappa shape index (κ1) is 22.5. The summed E-state index contributed by atoms with van der Waals surface area (Å²) >= 11 is 0. The van der Waals surface area contributed by atoms with Crippen LogP contribution < -0.4 is 15.4 Å². The minimum atomic E-state index is 0.595. The van der Waals surface area contributed by atoms with Crippen molar-refractivity contribution in [2.75, 3.05) is 46.5 Å². The lowest BCUT2D eigenvalue weighted by Crippen LogP contribution is -2.44. The lowest BCUT2D eigenvalue weighted by atomic mass is 10.1. The van der Waals surface area contributed by atoms with Crippen molar-refractivity contribution in [3.63, 3.8) is 0 Å². The quantitative estimate of drug-likeness (QED) is 0.346. The standard InChI is InChI=1S/C22H38N4O2/c1-5-23-22(25-17-20-9-7-12-26(20)6-2)24-16-19-11-10-18(3)15-21(19)28-14-8-13-27-4/h10-11,15,20H,5-9,12-14,16-17H2,1-4H3,(H2,23,24,25). The highest BCUT2D eigenvalue weighted by atomic mass is 16.5. The van der Waals surface area contributed by atoms with Gasteiger partial charge in [0.1, 0.15) is 5.75 Å². The fourth-order valence-electron chi connectivity index (χ4n) is 3.58. The van der Waals surface area contributed by atoms with Crippen LogP contribution in [0, 0.1) is 6.92 Å². The minimum Gasteiger partial charge on any atom is -0.493 e. The van der Waals surface area contributed by atoms with Crippen LogP contribution in [0.4, 0.5) is 0 Å². The average Bonchev–Trinajstić information content (AvgIpc) is 3.16. The normalized spacial score (nSPS) is 17.7. The summed E-state index contributed by atoms with van der Waals surface area (Å²) in [7, 11) is 1.72. The van der Waals surface area contributed by atoms with Gasteiger partial charge in [0, 0.05) is 44.8 Å². The molecule has 6 nitrogen and oxygen atoms in total. The molecular formula is C22H38N4O2. The predicted octanol–water partition coefficient (Wildman–Crippen LogP) is 2.95. The number of nitrogens with zero attached hydrogens (tertiary/aromatic N) is 2. The van der Waals surface area contributed by atoms with Gasteiger partial charge in [0.15, 0.2) is 5.96 Å². The average molecular weight is 391 g/mol. The molecule has 1 aromatic carbocycles. The Morgan fingerprint density at radius 3 is 2.86 bits per heavy atom. The van der Waals surface area contributed by atoms with Gasteiger partial charge in [-0.2, -0.15) is 0 Å². The van der Waals surface area contributed by atoms with Gasteiger partial charge in [-0.05, 0) is 51.4 Å². The van der Waals surface area contributed by atoms with Gasteiger partial charge in [-0.3, -0.25) is 4.90 Å². The van der Waals surface area contributed by atoms with Crippen LogP contribution in [0.5, 0.6) is 5.75 Å². The van der Waals surface area contributed by atoms with Gasteiger partial charge in [-0.25, -0.2) is 4.99 Å². The van der Waals surface area contributed by atoms with E-state index in [2.05, 4.69) is 54.5 Å². The van der Waals surface area contributed by atoms with Gasteiger partial charge in [0.25, 0.3) is 0 Å². The number of aryl methyl sites for hydroxylation is 1. The Balaban J connectivity index is 1.97. The number of guanidine groups is 1. The zero-order chi connectivity index (χ0) is 20.2. The molecule has 0 spiro atoms. The fourth-order valence-corrected chi connectivity index (χ4v) is 3.58. The molecular weight excluding hydrogens is 352 g/mol. The molecule has 158 valence electrons. The number of hydrogen-bond acceptors (Lipinski definition) is 4. The first-order chi connectivity index (χ1) is 13.7. The van der Waals surface area contributed by atoms with Gasteiger partial charge in [-0.15, -0.1) is 0 Å². The fraction of sp³-hybridized carbons (Fsp3) is 0.682. The van der Waals surface area contributed by atoms with E-state index in [1.54, 1.807) is 7.11 Å². The number of nitrogens with one attached hydrogen (secondary N) is 2. The van der Waals surface area contributed by atoms with Crippen LogP contribution in [0.3, 0.4) is 0 Å². The molecule has 0 radical (unpaired) electrons. The van der Waals surface area contributed by atoms with E-state index < -0.39 is 0 Å². The van der Waals surface area contributed by atoms with Crippen molar-refractivity contribution in [3.8, 4) is 5.75 Å². The number of benzene rings is 1. The zero-order valence-electron chi connectivity index (χ0n) is 18.1. The summed E-state index contributed by atoms with van der Waals surface area (Å²) in [6.45, 7) is 12.5. The van der Waals surface area contributed by atoms with E-state index in [4.69, 9.17) is 14.5 Å². The van der Waals surface area contributed by atoms with Crippen molar-refractivity contribution in [1.29, 1.82) is 0 Å². The minimum absolute atomic E-state index is 0.595. The van der Waals surface area contributed by atoms with Crippen molar-refractivity contribution < 1.29 is 9.47 Å². The topological polar surface area (TPSA) is 58.1 Å². The second kappa shape index (κ2) is 12.6. The molecule has 1 aliphatic heterocycles. The highest BCUT2D eigenvalue weighted by Gasteiger charge is 2.22. The van der Waals surface area contributed by atoms with Gasteiger partial charge in [0.05, 0.1) is 13.2 Å². The molecule has 0 aromatic heterocycles. The number of likely N-dealkylation sites (tertiary alicyclic amines) is 1. The molecule has 0 aliphatic carbocycles. The number of aliphatic imine (C=N–C) groups is 1. The molecule has 1 heterocycles. The van der Waals surface area contributed by atoms with Crippen molar-refractivity contribution in [2.24, 2.45) is 4.99 Å². The van der Waals surface area contributed by atoms with Crippen molar-refractivity contribution in [3.05, 3.63) is 29.3 Å². The molecule has 28 heavy (non-hydrogen) atoms. The third kappa shape index (κ3) is 7.32. The van der Waals surface area contributed by atoms with Crippen LogP contribution in [-0.2, 0) is 11.3 Å². The highest BCUT2D eigenvalue weighted by molar-refractivity contribution is 5.79. The molecule has 1 atom stereocenters. The van der Waals surface area contributed by atoms with E-state index in [0.717, 1.165) is 43.3 Å². The maximum absolute atomic E-state index is 5.99. The first-order valence-corrected chi connectivity index (χ1v) is 10.6. The van der Waals surface area contributed by atoms with Crippen LogP contribution in [-0.4, -0.2) is 63.4 Å². The Morgan fingerprint density at radius 2 is 2.11 bits per heavy atom. The van der Waals surface area contributed by atoms with Crippen molar-refractivity contribution in [2.45, 2.75) is 52.6 Å². The highest BCUT2D eigenvalue weighted by Crippen LogP contribution is 2.21. The van der Waals surface area contributed by atoms with Crippen LogP contribution in [0.2, 0.25) is 0 Å². The molecule has 1 unspecified atom stereocenters. The SMILES string of the molecule is CCNC(=NCc1ccc(C)cc1OCCCOC)NCC1CCCN1CC. The van der Waals surface area contributed by atoms with Gasteiger partial charge < -0.3 is 20.1 Å². The number of ether oxygens (including phenoxy) is 2. The van der Waals surface area contributed by atoms with Gasteiger partial charge in [-0.1, -0.05) is 19.1 Å². The summed E-state index contributed by atoms with van der Waals surface area (Å²) in [4.78, 5) is 7.35. The van der Waals surface area contributed by atoms with Crippen molar-refractivity contribution >= 4 is 5.96 Å². The number of rotatable bonds is 11. The molecule has 1 aromatic rings. The Labute approximate surface area is 170 Å². The molecule has 1 saturated heterocycles. The molecule has 0 amide bonds. The molecule has 0 bridgehead atoms. The summed E-state index contributed by atoms with van der Waals surface area (Å²) in [5.74, 6) is 1.79. The van der Waals surface area contributed by atoms with E-state index in [-0.39, 0.29) is 0 Å². The third-order valence-electron chi connectivity index (χ3n) is 5.14. The maximum Gasteiger partial charge on any atom is 0.191 e. The Morgan fingerprint density at radius 1 is 1.25 bits per heavy atom. The molecule has 0 saturated carbocycles. The molecule has 2 rings (SSSR count). The number of likely N-dealkylation sites (N-methyl/N-ethyl adjacent to an activating group) is 1. The Bertz CT molecular complexity index is 606. The summed E-state index contributed by atoms with van der Waals surface area (Å²) in [6.07, 6.45) is 3.44. The van der Waals surface area contributed by atoms with Gasteiger partial charge in [0.2, 0.25) is 0 Å². The third-order valence-corrected chi connectivity index (χ3v) is 5.14. The summed E-state index contributed by atoms with van der Waals surface area (Å²) in [5, 5.41) is 6.89. The van der Waals surface area contributed by atoms with Crippen molar-refractivity contribution in [1.82, 2.24) is 15.5 Å². The van der Waals surface area contributed by atoms with E-state index in [1.165, 1.54) is 24.9 Å². The van der Waals surface area contributed by atoms with E-state index in [9.17, 15) is 0 Å². The second-order valence-corrected chi connectivity index (χ2v) is 7.31. The number of hydrogen-bond donors (Lipinski definition) is 2. The lowest BCUT2D eigenvalue weighted by molar-refractivity contribution is 0.172. The molecule has 2 N–H and O–H groups in total. The Hall–Kier alpha value is -1.79. The summed E-state index contributed by atoms with van der Waals surface area (Å²) < 4.78 is 11.1. The Kier molecular flexibility index (Phi) is 10.1. The second-order valence-electron chi connectivity index (χ2n) is 7.31. The molecule has 1 aliphatic rings. The maximum atomic E-state index is 5.99. The zero-order valence-corrected chi connectivity index (χ0v) is 18.1. The van der Waals surface area contributed by atoms with E-state index in [0.29, 0.717) is 25.8 Å².